The summed E-state index contributed by atoms with van der Waals surface area (Å²) in [5.74, 6) is 0. The van der Waals surface area contributed by atoms with Crippen molar-refractivity contribution < 1.29 is 0 Å². The minimum Gasteiger partial charge on any atom is -0.315 e. The van der Waals surface area contributed by atoms with E-state index in [-0.39, 0.29) is 0 Å². The Morgan fingerprint density at radius 3 is 2.83 bits per heavy atom. The molecule has 0 aliphatic heterocycles. The molecule has 1 N–H and O–H groups in total. The molecule has 1 aromatic heterocycles. The molecule has 1 atom stereocenters. The van der Waals surface area contributed by atoms with E-state index in [9.17, 15) is 0 Å². The first-order chi connectivity index (χ1) is 5.76. The monoisotopic (exact) mass is 167 g/mol. The minimum absolute atomic E-state index is 0.532. The van der Waals surface area contributed by atoms with E-state index in [1.807, 2.05) is 17.9 Å². The molecule has 68 valence electrons. The molecule has 0 aromatic carbocycles. The molecule has 1 aromatic rings. The average molecular weight is 167 g/mol. The van der Waals surface area contributed by atoms with Gasteiger partial charge in [-0.25, -0.2) is 0 Å². The maximum Gasteiger partial charge on any atom is 0.0562 e. The highest BCUT2D eigenvalue weighted by Gasteiger charge is 2.03. The van der Waals surface area contributed by atoms with Gasteiger partial charge in [-0.05, 0) is 26.0 Å². The summed E-state index contributed by atoms with van der Waals surface area (Å²) in [7, 11) is 1.99. The van der Waals surface area contributed by atoms with Crippen molar-refractivity contribution in [1.82, 2.24) is 15.1 Å². The van der Waals surface area contributed by atoms with E-state index in [1.54, 1.807) is 0 Å². The van der Waals surface area contributed by atoms with Crippen molar-refractivity contribution in [2.45, 2.75) is 32.9 Å². The lowest BCUT2D eigenvalue weighted by atomic mass is 10.2. The molecule has 0 saturated heterocycles. The third kappa shape index (κ3) is 2.34. The Labute approximate surface area is 73.8 Å². The number of aryl methyl sites for hydroxylation is 1. The van der Waals surface area contributed by atoms with Gasteiger partial charge in [0.05, 0.1) is 12.7 Å². The fourth-order valence-corrected chi connectivity index (χ4v) is 1.22. The molecule has 3 nitrogen and oxygen atoms in total. The SMILES string of the molecule is CCC(Cn1cc(C)cn1)NC. The Hall–Kier alpha value is -0.830. The van der Waals surface area contributed by atoms with Gasteiger partial charge in [0.2, 0.25) is 0 Å². The van der Waals surface area contributed by atoms with Gasteiger partial charge < -0.3 is 5.32 Å². The van der Waals surface area contributed by atoms with Crippen molar-refractivity contribution >= 4 is 0 Å². The summed E-state index contributed by atoms with van der Waals surface area (Å²) in [6.07, 6.45) is 5.10. The summed E-state index contributed by atoms with van der Waals surface area (Å²) in [5, 5.41) is 7.48. The van der Waals surface area contributed by atoms with E-state index in [2.05, 4.69) is 30.5 Å². The molecule has 0 aliphatic rings. The number of aromatic nitrogens is 2. The Bertz CT molecular complexity index is 225. The van der Waals surface area contributed by atoms with Gasteiger partial charge in [0, 0.05) is 12.2 Å². The summed E-state index contributed by atoms with van der Waals surface area (Å²) < 4.78 is 1.99. The standard InChI is InChI=1S/C9H17N3/c1-4-9(10-3)7-12-6-8(2)5-11-12/h5-6,9-10H,4,7H2,1-3H3. The first-order valence-electron chi connectivity index (χ1n) is 4.42. The van der Waals surface area contributed by atoms with Crippen LogP contribution in [0.25, 0.3) is 0 Å². The number of hydrogen-bond acceptors (Lipinski definition) is 2. The Morgan fingerprint density at radius 1 is 1.67 bits per heavy atom. The molecule has 0 radical (unpaired) electrons. The molecule has 0 amide bonds. The van der Waals surface area contributed by atoms with Crippen LogP contribution in [0, 0.1) is 6.92 Å². The fraction of sp³-hybridized carbons (Fsp3) is 0.667. The maximum atomic E-state index is 4.23. The predicted octanol–water partition coefficient (Wildman–Crippen LogP) is 1.19. The average Bonchev–Trinajstić information content (AvgIpc) is 2.47. The van der Waals surface area contributed by atoms with Crippen LogP contribution >= 0.6 is 0 Å². The molecule has 3 heteroatoms. The van der Waals surface area contributed by atoms with Gasteiger partial charge in [0.15, 0.2) is 0 Å². The van der Waals surface area contributed by atoms with Crippen molar-refractivity contribution in [2.24, 2.45) is 0 Å². The minimum atomic E-state index is 0.532. The number of nitrogens with zero attached hydrogens (tertiary/aromatic N) is 2. The summed E-state index contributed by atoms with van der Waals surface area (Å²) in [6.45, 7) is 5.20. The Balaban J connectivity index is 2.50. The number of likely N-dealkylation sites (N-methyl/N-ethyl adjacent to an activating group) is 1. The number of rotatable bonds is 4. The molecule has 1 rings (SSSR count). The zero-order valence-corrected chi connectivity index (χ0v) is 8.04. The van der Waals surface area contributed by atoms with Crippen molar-refractivity contribution in [3.63, 3.8) is 0 Å². The highest BCUT2D eigenvalue weighted by Crippen LogP contribution is 1.98. The van der Waals surface area contributed by atoms with Crippen LogP contribution in [0.3, 0.4) is 0 Å². The molecular weight excluding hydrogens is 150 g/mol. The topological polar surface area (TPSA) is 29.9 Å². The van der Waals surface area contributed by atoms with Crippen molar-refractivity contribution in [2.75, 3.05) is 7.05 Å². The summed E-state index contributed by atoms with van der Waals surface area (Å²) in [4.78, 5) is 0. The molecule has 0 bridgehead atoms. The Morgan fingerprint density at radius 2 is 2.42 bits per heavy atom. The van der Waals surface area contributed by atoms with Gasteiger partial charge in [-0.15, -0.1) is 0 Å². The third-order valence-corrected chi connectivity index (χ3v) is 2.07. The lowest BCUT2D eigenvalue weighted by molar-refractivity contribution is 0.443. The van der Waals surface area contributed by atoms with Crippen LogP contribution in [0.2, 0.25) is 0 Å². The van der Waals surface area contributed by atoms with Crippen LogP contribution < -0.4 is 5.32 Å². The molecule has 0 spiro atoms. The van der Waals surface area contributed by atoms with Gasteiger partial charge in [-0.1, -0.05) is 6.92 Å². The summed E-state index contributed by atoms with van der Waals surface area (Å²) >= 11 is 0. The first kappa shape index (κ1) is 9.26. The number of hydrogen-bond donors (Lipinski definition) is 1. The van der Waals surface area contributed by atoms with Crippen LogP contribution in [-0.4, -0.2) is 22.9 Å². The molecule has 0 saturated carbocycles. The van der Waals surface area contributed by atoms with Crippen LogP contribution in [-0.2, 0) is 6.54 Å². The van der Waals surface area contributed by atoms with Crippen molar-refractivity contribution in [1.29, 1.82) is 0 Å². The Kier molecular flexibility index (Phi) is 3.29. The second kappa shape index (κ2) is 4.26. The van der Waals surface area contributed by atoms with Gasteiger partial charge in [-0.2, -0.15) is 5.10 Å². The van der Waals surface area contributed by atoms with E-state index in [0.29, 0.717) is 6.04 Å². The van der Waals surface area contributed by atoms with Gasteiger partial charge >= 0.3 is 0 Å². The van der Waals surface area contributed by atoms with Gasteiger partial charge in [0.1, 0.15) is 0 Å². The summed E-state index contributed by atoms with van der Waals surface area (Å²) in [6, 6.07) is 0.532. The van der Waals surface area contributed by atoms with E-state index in [1.165, 1.54) is 5.56 Å². The second-order valence-corrected chi connectivity index (χ2v) is 3.13. The molecule has 12 heavy (non-hydrogen) atoms. The third-order valence-electron chi connectivity index (χ3n) is 2.07. The lowest BCUT2D eigenvalue weighted by Gasteiger charge is -2.12. The zero-order chi connectivity index (χ0) is 8.97. The lowest BCUT2D eigenvalue weighted by Crippen LogP contribution is -2.29. The molecule has 0 aliphatic carbocycles. The largest absolute Gasteiger partial charge is 0.315 e. The first-order valence-corrected chi connectivity index (χ1v) is 4.42. The quantitative estimate of drug-likeness (QED) is 0.730. The van der Waals surface area contributed by atoms with Crippen LogP contribution in [0.15, 0.2) is 12.4 Å². The van der Waals surface area contributed by atoms with Gasteiger partial charge in [0.25, 0.3) is 0 Å². The smallest absolute Gasteiger partial charge is 0.0562 e. The summed E-state index contributed by atoms with van der Waals surface area (Å²) in [5.41, 5.74) is 1.22. The van der Waals surface area contributed by atoms with Crippen LogP contribution in [0.4, 0.5) is 0 Å². The normalized spacial score (nSPS) is 13.2. The number of nitrogens with one attached hydrogen (secondary N) is 1. The van der Waals surface area contributed by atoms with Crippen LogP contribution in [0.5, 0.6) is 0 Å². The van der Waals surface area contributed by atoms with E-state index < -0.39 is 0 Å². The molecule has 0 fully saturated rings. The van der Waals surface area contributed by atoms with E-state index >= 15 is 0 Å². The highest BCUT2D eigenvalue weighted by atomic mass is 15.3. The molecular formula is C9H17N3. The zero-order valence-electron chi connectivity index (χ0n) is 8.04. The molecule has 1 unspecified atom stereocenters. The predicted molar refractivity (Wildman–Crippen MR) is 50.1 cm³/mol. The van der Waals surface area contributed by atoms with E-state index in [4.69, 9.17) is 0 Å². The molecule has 1 heterocycles. The highest BCUT2D eigenvalue weighted by molar-refractivity contribution is 4.99. The maximum absolute atomic E-state index is 4.23. The fourth-order valence-electron chi connectivity index (χ4n) is 1.22. The van der Waals surface area contributed by atoms with Crippen LogP contribution in [0.1, 0.15) is 18.9 Å². The van der Waals surface area contributed by atoms with E-state index in [0.717, 1.165) is 13.0 Å². The van der Waals surface area contributed by atoms with Crippen molar-refractivity contribution in [3.8, 4) is 0 Å². The van der Waals surface area contributed by atoms with Gasteiger partial charge in [-0.3, -0.25) is 4.68 Å². The second-order valence-electron chi connectivity index (χ2n) is 3.13. The van der Waals surface area contributed by atoms with Crippen molar-refractivity contribution in [3.05, 3.63) is 18.0 Å².